The van der Waals surface area contributed by atoms with Crippen LogP contribution in [0.3, 0.4) is 0 Å². The summed E-state index contributed by atoms with van der Waals surface area (Å²) < 4.78 is 0. The molecule has 0 bridgehead atoms. The highest BCUT2D eigenvalue weighted by molar-refractivity contribution is 6.00. The van der Waals surface area contributed by atoms with Gasteiger partial charge in [0.2, 0.25) is 11.8 Å². The smallest absolute Gasteiger partial charge is 0.268 e. The second kappa shape index (κ2) is 9.43. The molecular weight excluding hydrogens is 406 g/mol. The minimum atomic E-state index is -0.816. The lowest BCUT2D eigenvalue weighted by Gasteiger charge is -2.27. The van der Waals surface area contributed by atoms with Gasteiger partial charge in [-0.3, -0.25) is 14.4 Å². The van der Waals surface area contributed by atoms with Crippen molar-refractivity contribution in [1.82, 2.24) is 20.9 Å². The van der Waals surface area contributed by atoms with Gasteiger partial charge in [-0.15, -0.1) is 0 Å². The Morgan fingerprint density at radius 1 is 1.28 bits per heavy atom. The topological polar surface area (TPSA) is 127 Å². The van der Waals surface area contributed by atoms with Crippen molar-refractivity contribution in [2.24, 2.45) is 11.3 Å². The Labute approximate surface area is 188 Å². The quantitative estimate of drug-likeness (QED) is 0.531. The van der Waals surface area contributed by atoms with Gasteiger partial charge in [-0.1, -0.05) is 32.9 Å². The fraction of sp³-hybridized carbons (Fsp3) is 0.500. The van der Waals surface area contributed by atoms with E-state index in [2.05, 4.69) is 27.0 Å². The molecular formula is C24H31N5O3. The molecule has 2 aromatic rings. The Morgan fingerprint density at radius 3 is 2.62 bits per heavy atom. The van der Waals surface area contributed by atoms with Crippen molar-refractivity contribution in [3.05, 3.63) is 35.5 Å². The maximum absolute atomic E-state index is 13.1. The molecule has 1 aromatic heterocycles. The van der Waals surface area contributed by atoms with Crippen LogP contribution in [0, 0.1) is 29.6 Å². The van der Waals surface area contributed by atoms with Gasteiger partial charge in [0.25, 0.3) is 5.91 Å². The van der Waals surface area contributed by atoms with E-state index in [0.29, 0.717) is 25.1 Å². The van der Waals surface area contributed by atoms with Crippen molar-refractivity contribution < 1.29 is 14.4 Å². The number of carbonyl (C=O) groups is 3. The van der Waals surface area contributed by atoms with Crippen LogP contribution in [0.1, 0.15) is 56.1 Å². The number of hydrogen-bond acceptors (Lipinski definition) is 4. The highest BCUT2D eigenvalue weighted by Gasteiger charge is 2.31. The number of fused-ring (bicyclic) bond motifs is 1. The van der Waals surface area contributed by atoms with Crippen LogP contribution < -0.4 is 16.0 Å². The number of carbonyl (C=O) groups excluding carboxylic acids is 3. The van der Waals surface area contributed by atoms with Gasteiger partial charge in [0.15, 0.2) is 0 Å². The van der Waals surface area contributed by atoms with Gasteiger partial charge < -0.3 is 20.9 Å². The van der Waals surface area contributed by atoms with E-state index in [9.17, 15) is 19.6 Å². The van der Waals surface area contributed by atoms with Gasteiger partial charge in [0.05, 0.1) is 6.07 Å². The number of H-pyrrole nitrogens is 1. The third-order valence-corrected chi connectivity index (χ3v) is 5.72. The summed E-state index contributed by atoms with van der Waals surface area (Å²) in [5.41, 5.74) is 2.04. The lowest BCUT2D eigenvalue weighted by atomic mass is 9.87. The normalized spacial score (nSPS) is 18.0. The number of hydrogen-bond donors (Lipinski definition) is 4. The molecule has 4 N–H and O–H groups in total. The average Bonchev–Trinajstić information content (AvgIpc) is 3.33. The average molecular weight is 438 g/mol. The van der Waals surface area contributed by atoms with Gasteiger partial charge in [-0.05, 0) is 49.3 Å². The Morgan fingerprint density at radius 2 is 2.03 bits per heavy atom. The first-order valence-corrected chi connectivity index (χ1v) is 10.9. The van der Waals surface area contributed by atoms with Crippen LogP contribution >= 0.6 is 0 Å². The number of nitrogens with zero attached hydrogens (tertiary/aromatic N) is 1. The molecule has 1 aliphatic heterocycles. The van der Waals surface area contributed by atoms with E-state index < -0.39 is 18.0 Å². The van der Waals surface area contributed by atoms with E-state index in [0.717, 1.165) is 16.5 Å². The molecule has 0 saturated carbocycles. The number of nitrogens with one attached hydrogen (secondary N) is 4. The van der Waals surface area contributed by atoms with Crippen LogP contribution in [0.2, 0.25) is 0 Å². The van der Waals surface area contributed by atoms with Crippen LogP contribution in [0.4, 0.5) is 0 Å². The van der Waals surface area contributed by atoms with Crippen LogP contribution in [0.25, 0.3) is 10.9 Å². The lowest BCUT2D eigenvalue weighted by Crippen LogP contribution is -2.51. The monoisotopic (exact) mass is 437 g/mol. The molecule has 0 unspecified atom stereocenters. The first-order chi connectivity index (χ1) is 15.1. The summed E-state index contributed by atoms with van der Waals surface area (Å²) in [6, 6.07) is 8.03. The van der Waals surface area contributed by atoms with Crippen LogP contribution in [0.15, 0.2) is 24.3 Å². The van der Waals surface area contributed by atoms with Gasteiger partial charge in [0.1, 0.15) is 17.8 Å². The van der Waals surface area contributed by atoms with Crippen molar-refractivity contribution in [1.29, 1.82) is 5.26 Å². The van der Waals surface area contributed by atoms with Crippen LogP contribution in [-0.4, -0.2) is 41.3 Å². The lowest BCUT2D eigenvalue weighted by molar-refractivity contribution is -0.125. The van der Waals surface area contributed by atoms with E-state index in [1.165, 1.54) is 0 Å². The molecule has 1 aliphatic rings. The highest BCUT2D eigenvalue weighted by Crippen LogP contribution is 2.23. The summed E-state index contributed by atoms with van der Waals surface area (Å²) in [6.45, 7) is 8.51. The molecule has 8 heteroatoms. The molecule has 1 aromatic carbocycles. The summed E-state index contributed by atoms with van der Waals surface area (Å²) in [4.78, 5) is 41.0. The van der Waals surface area contributed by atoms with Crippen molar-refractivity contribution in [2.45, 2.75) is 59.0 Å². The third kappa shape index (κ3) is 5.67. The molecule has 3 rings (SSSR count). The van der Waals surface area contributed by atoms with Gasteiger partial charge in [-0.25, -0.2) is 0 Å². The van der Waals surface area contributed by atoms with Crippen molar-refractivity contribution in [2.75, 3.05) is 6.54 Å². The number of aryl methyl sites for hydroxylation is 1. The minimum absolute atomic E-state index is 0.0897. The number of aromatic nitrogens is 1. The number of benzene rings is 1. The van der Waals surface area contributed by atoms with E-state index in [1.54, 1.807) is 6.07 Å². The zero-order valence-electron chi connectivity index (χ0n) is 19.0. The van der Waals surface area contributed by atoms with Crippen LogP contribution in [-0.2, 0) is 9.59 Å². The minimum Gasteiger partial charge on any atom is -0.356 e. The zero-order chi connectivity index (χ0) is 23.5. The molecule has 1 saturated heterocycles. The van der Waals surface area contributed by atoms with E-state index in [-0.39, 0.29) is 29.6 Å². The van der Waals surface area contributed by atoms with E-state index in [4.69, 9.17) is 0 Å². The number of nitriles is 1. The summed E-state index contributed by atoms with van der Waals surface area (Å²) in [5, 5.41) is 18.8. The first-order valence-electron chi connectivity index (χ1n) is 10.9. The fourth-order valence-electron chi connectivity index (χ4n) is 4.06. The third-order valence-electron chi connectivity index (χ3n) is 5.72. The number of aromatic amines is 1. The fourth-order valence-corrected chi connectivity index (χ4v) is 4.06. The maximum Gasteiger partial charge on any atom is 0.268 e. The Kier molecular flexibility index (Phi) is 6.87. The van der Waals surface area contributed by atoms with Gasteiger partial charge in [0, 0.05) is 23.4 Å². The van der Waals surface area contributed by atoms with Crippen molar-refractivity contribution in [3.63, 3.8) is 0 Å². The summed E-state index contributed by atoms with van der Waals surface area (Å²) in [5.74, 6) is -1.18. The maximum atomic E-state index is 13.1. The molecule has 1 fully saturated rings. The predicted molar refractivity (Wildman–Crippen MR) is 122 cm³/mol. The molecule has 0 spiro atoms. The van der Waals surface area contributed by atoms with Crippen LogP contribution in [0.5, 0.6) is 0 Å². The molecule has 170 valence electrons. The summed E-state index contributed by atoms with van der Waals surface area (Å²) in [6.07, 6.45) is 1.30. The Bertz CT molecular complexity index is 1060. The second-order valence-electron chi connectivity index (χ2n) is 9.71. The largest absolute Gasteiger partial charge is 0.356 e. The van der Waals surface area contributed by atoms with Gasteiger partial charge in [-0.2, -0.15) is 5.26 Å². The van der Waals surface area contributed by atoms with Crippen molar-refractivity contribution >= 4 is 28.6 Å². The molecule has 0 aliphatic carbocycles. The van der Waals surface area contributed by atoms with Crippen molar-refractivity contribution in [3.8, 4) is 6.07 Å². The predicted octanol–water partition coefficient (Wildman–Crippen LogP) is 2.55. The molecule has 0 radical (unpaired) electrons. The Hall–Kier alpha value is -3.34. The molecule has 32 heavy (non-hydrogen) atoms. The van der Waals surface area contributed by atoms with E-state index in [1.807, 2.05) is 45.9 Å². The summed E-state index contributed by atoms with van der Waals surface area (Å²) >= 11 is 0. The Balaban J connectivity index is 1.73. The van der Waals surface area contributed by atoms with E-state index >= 15 is 0 Å². The highest BCUT2D eigenvalue weighted by atomic mass is 16.2. The first kappa shape index (κ1) is 23.3. The molecule has 3 atom stereocenters. The second-order valence-corrected chi connectivity index (χ2v) is 9.71. The SMILES string of the molecule is Cc1cccc2[nH]c(C(=O)N[C@@H](CC(C)(C)C)C(=O)N[C@H](C#N)C[C@@H]3CCNC3=O)cc12. The molecule has 8 nitrogen and oxygen atoms in total. The number of rotatable bonds is 7. The standard InChI is InChI=1S/C24H31N5O3/c1-14-6-5-7-18-17(14)11-19(28-18)22(31)29-20(12-24(2,3)4)23(32)27-16(13-25)10-15-8-9-26-21(15)30/h5-7,11,15-16,20,28H,8-10,12H2,1-4H3,(H,26,30)(H,27,32)(H,29,31)/t15-,16-,20-/m0/s1. The zero-order valence-corrected chi connectivity index (χ0v) is 19.0. The number of amides is 3. The summed E-state index contributed by atoms with van der Waals surface area (Å²) in [7, 11) is 0. The molecule has 3 amide bonds. The van der Waals surface area contributed by atoms with Gasteiger partial charge >= 0.3 is 0 Å². The molecule has 2 heterocycles.